The Bertz CT molecular complexity index is 621. The molecular formula is C20H24NO+. The predicted molar refractivity (Wildman–Crippen MR) is 89.7 cm³/mol. The largest absolute Gasteiger partial charge is 0.320 e. The van der Waals surface area contributed by atoms with Gasteiger partial charge in [0, 0.05) is 6.42 Å². The molecule has 0 unspecified atom stereocenters. The Morgan fingerprint density at radius 3 is 1.82 bits per heavy atom. The minimum atomic E-state index is -0.504. The van der Waals surface area contributed by atoms with Crippen molar-refractivity contribution in [2.45, 2.75) is 24.8 Å². The molecule has 22 heavy (non-hydrogen) atoms. The summed E-state index contributed by atoms with van der Waals surface area (Å²) in [4.78, 5) is 13.4. The van der Waals surface area contributed by atoms with Gasteiger partial charge in [0.2, 0.25) is 5.78 Å². The number of quaternary nitrogens is 1. The maximum atomic E-state index is 13.4. The number of carbonyl (C=O) groups is 1. The van der Waals surface area contributed by atoms with E-state index in [0.29, 0.717) is 5.78 Å². The van der Waals surface area contributed by atoms with Crippen LogP contribution in [0.4, 0.5) is 0 Å². The molecule has 3 rings (SSSR count). The molecule has 1 atom stereocenters. The maximum absolute atomic E-state index is 13.4. The summed E-state index contributed by atoms with van der Waals surface area (Å²) in [6.07, 6.45) is 0.858. The fraction of sp³-hybridized carbons (Fsp3) is 0.350. The number of carbonyl (C=O) groups excluding carboxylic acids is 1. The molecule has 0 spiro atoms. The van der Waals surface area contributed by atoms with E-state index >= 15 is 0 Å². The average molecular weight is 294 g/mol. The number of rotatable bonds is 2. The van der Waals surface area contributed by atoms with Crippen molar-refractivity contribution in [3.63, 3.8) is 0 Å². The van der Waals surface area contributed by atoms with Crippen molar-refractivity contribution in [2.24, 2.45) is 0 Å². The summed E-state index contributed by atoms with van der Waals surface area (Å²) < 4.78 is 0.764. The lowest BCUT2D eigenvalue weighted by molar-refractivity contribution is -0.907. The summed E-state index contributed by atoms with van der Waals surface area (Å²) in [5.41, 5.74) is 1.74. The lowest BCUT2D eigenvalue weighted by atomic mass is 9.65. The van der Waals surface area contributed by atoms with E-state index in [1.54, 1.807) is 0 Å². The first kappa shape index (κ1) is 15.0. The fourth-order valence-electron chi connectivity index (χ4n) is 3.63. The van der Waals surface area contributed by atoms with E-state index in [0.717, 1.165) is 28.6 Å². The van der Waals surface area contributed by atoms with Crippen LogP contribution < -0.4 is 0 Å². The first-order valence-electron chi connectivity index (χ1n) is 7.96. The van der Waals surface area contributed by atoms with Crippen molar-refractivity contribution in [1.82, 2.24) is 0 Å². The van der Waals surface area contributed by atoms with Gasteiger partial charge >= 0.3 is 0 Å². The van der Waals surface area contributed by atoms with Crippen molar-refractivity contribution in [3.05, 3.63) is 71.8 Å². The fourth-order valence-corrected chi connectivity index (χ4v) is 3.63. The number of likely N-dealkylation sites (tertiary alicyclic amines) is 1. The van der Waals surface area contributed by atoms with E-state index < -0.39 is 5.41 Å². The molecule has 114 valence electrons. The smallest absolute Gasteiger partial charge is 0.204 e. The molecule has 1 saturated heterocycles. The van der Waals surface area contributed by atoms with Crippen LogP contribution in [0.25, 0.3) is 0 Å². The van der Waals surface area contributed by atoms with Crippen LogP contribution in [0.3, 0.4) is 0 Å². The lowest BCUT2D eigenvalue weighted by Gasteiger charge is -2.47. The van der Waals surface area contributed by atoms with Gasteiger partial charge in [-0.3, -0.25) is 4.79 Å². The number of hydrogen-bond donors (Lipinski definition) is 0. The lowest BCUT2D eigenvalue weighted by Crippen LogP contribution is -2.63. The second kappa shape index (κ2) is 5.36. The van der Waals surface area contributed by atoms with Crippen LogP contribution in [0.15, 0.2) is 60.7 Å². The van der Waals surface area contributed by atoms with Crippen molar-refractivity contribution in [3.8, 4) is 0 Å². The van der Waals surface area contributed by atoms with Crippen molar-refractivity contribution < 1.29 is 9.28 Å². The molecule has 1 aliphatic rings. The molecule has 0 amide bonds. The molecule has 0 radical (unpaired) electrons. The highest BCUT2D eigenvalue weighted by molar-refractivity contribution is 5.97. The number of Topliss-reactive ketones (excluding diaryl/α,β-unsaturated/α-hetero) is 1. The quantitative estimate of drug-likeness (QED) is 0.776. The Hall–Kier alpha value is -1.93. The van der Waals surface area contributed by atoms with Gasteiger partial charge in [0.25, 0.3) is 0 Å². The molecule has 1 heterocycles. The third-order valence-corrected chi connectivity index (χ3v) is 5.44. The molecule has 1 fully saturated rings. The topological polar surface area (TPSA) is 17.1 Å². The van der Waals surface area contributed by atoms with Gasteiger partial charge in [0.15, 0.2) is 0 Å². The van der Waals surface area contributed by atoms with E-state index in [9.17, 15) is 4.79 Å². The van der Waals surface area contributed by atoms with Crippen molar-refractivity contribution in [2.75, 3.05) is 20.6 Å². The van der Waals surface area contributed by atoms with Gasteiger partial charge in [-0.15, -0.1) is 0 Å². The summed E-state index contributed by atoms with van der Waals surface area (Å²) in [7, 11) is 4.31. The summed E-state index contributed by atoms with van der Waals surface area (Å²) >= 11 is 0. The average Bonchev–Trinajstić information content (AvgIpc) is 2.55. The van der Waals surface area contributed by atoms with Crippen LogP contribution in [0.1, 0.15) is 24.5 Å². The minimum Gasteiger partial charge on any atom is -0.320 e. The first-order valence-corrected chi connectivity index (χ1v) is 7.96. The summed E-state index contributed by atoms with van der Waals surface area (Å²) in [5, 5.41) is 0. The Balaban J connectivity index is 2.20. The van der Waals surface area contributed by atoms with Gasteiger partial charge in [-0.2, -0.15) is 0 Å². The zero-order valence-electron chi connectivity index (χ0n) is 13.6. The SMILES string of the molecule is C[C@@H]1C(=O)C(c2ccccc2)(c2ccccc2)CC[N+]1(C)C. The summed E-state index contributed by atoms with van der Waals surface area (Å²) in [6, 6.07) is 20.6. The highest BCUT2D eigenvalue weighted by atomic mass is 16.1. The molecular weight excluding hydrogens is 270 g/mol. The molecule has 0 aliphatic carbocycles. The van der Waals surface area contributed by atoms with Crippen molar-refractivity contribution >= 4 is 5.78 Å². The van der Waals surface area contributed by atoms with Crippen LogP contribution in [0.2, 0.25) is 0 Å². The molecule has 0 aromatic heterocycles. The van der Waals surface area contributed by atoms with E-state index in [-0.39, 0.29) is 6.04 Å². The van der Waals surface area contributed by atoms with Crippen LogP contribution >= 0.6 is 0 Å². The van der Waals surface area contributed by atoms with Gasteiger partial charge in [0.05, 0.1) is 26.1 Å². The molecule has 1 aliphatic heterocycles. The van der Waals surface area contributed by atoms with E-state index in [4.69, 9.17) is 0 Å². The monoisotopic (exact) mass is 294 g/mol. The minimum absolute atomic E-state index is 0.00541. The molecule has 0 bridgehead atoms. The zero-order chi connectivity index (χ0) is 15.8. The number of benzene rings is 2. The number of likely N-dealkylation sites (N-methyl/N-ethyl adjacent to an activating group) is 1. The standard InChI is InChI=1S/C20H24NO/c1-16-19(22)20(14-15-21(16,2)3,17-10-6-4-7-11-17)18-12-8-5-9-13-18/h4-13,16H,14-15H2,1-3H3/q+1/t16-/m1/s1. The second-order valence-electron chi connectivity index (χ2n) is 6.93. The van der Waals surface area contributed by atoms with Gasteiger partial charge in [-0.25, -0.2) is 0 Å². The van der Waals surface area contributed by atoms with Crippen LogP contribution in [0.5, 0.6) is 0 Å². The molecule has 0 saturated carbocycles. The second-order valence-corrected chi connectivity index (χ2v) is 6.93. The third kappa shape index (κ3) is 2.19. The van der Waals surface area contributed by atoms with Gasteiger partial charge in [-0.1, -0.05) is 60.7 Å². The van der Waals surface area contributed by atoms with Gasteiger partial charge < -0.3 is 4.48 Å². The molecule has 0 N–H and O–H groups in total. The maximum Gasteiger partial charge on any atom is 0.204 e. The van der Waals surface area contributed by atoms with Gasteiger partial charge in [-0.05, 0) is 18.1 Å². The predicted octanol–water partition coefficient (Wildman–Crippen LogP) is 3.41. The highest BCUT2D eigenvalue weighted by Crippen LogP contribution is 2.42. The number of ketones is 1. The molecule has 2 nitrogen and oxygen atoms in total. The van der Waals surface area contributed by atoms with E-state index in [2.05, 4.69) is 45.3 Å². The Labute approximate surface area is 133 Å². The summed E-state index contributed by atoms with van der Waals surface area (Å²) in [6.45, 7) is 3.07. The van der Waals surface area contributed by atoms with Crippen LogP contribution in [-0.4, -0.2) is 36.9 Å². The normalized spacial score (nSPS) is 23.2. The van der Waals surface area contributed by atoms with E-state index in [1.807, 2.05) is 36.4 Å². The Kier molecular flexibility index (Phi) is 3.65. The first-order chi connectivity index (χ1) is 10.5. The van der Waals surface area contributed by atoms with Crippen molar-refractivity contribution in [1.29, 1.82) is 0 Å². The molecule has 2 heteroatoms. The van der Waals surface area contributed by atoms with Crippen LogP contribution in [-0.2, 0) is 10.2 Å². The number of hydrogen-bond acceptors (Lipinski definition) is 1. The molecule has 2 aromatic carbocycles. The number of piperidine rings is 1. The Morgan fingerprint density at radius 1 is 0.909 bits per heavy atom. The summed E-state index contributed by atoms with van der Waals surface area (Å²) in [5.74, 6) is 0.334. The van der Waals surface area contributed by atoms with Gasteiger partial charge in [0.1, 0.15) is 6.04 Å². The Morgan fingerprint density at radius 2 is 1.36 bits per heavy atom. The van der Waals surface area contributed by atoms with E-state index in [1.165, 1.54) is 0 Å². The third-order valence-electron chi connectivity index (χ3n) is 5.44. The van der Waals surface area contributed by atoms with Crippen LogP contribution in [0, 0.1) is 0 Å². The number of nitrogens with zero attached hydrogens (tertiary/aromatic N) is 1. The zero-order valence-corrected chi connectivity index (χ0v) is 13.6. The highest BCUT2D eigenvalue weighted by Gasteiger charge is 2.52. The molecule has 2 aromatic rings.